The normalized spacial score (nSPS) is 21.2. The summed E-state index contributed by atoms with van der Waals surface area (Å²) in [6.45, 7) is 7.30. The fourth-order valence-electron chi connectivity index (χ4n) is 3.82. The fraction of sp³-hybridized carbons (Fsp3) is 0.556. The number of benzene rings is 1. The average molecular weight is 327 g/mol. The minimum absolute atomic E-state index is 0.509. The zero-order valence-electron chi connectivity index (χ0n) is 14.5. The van der Waals surface area contributed by atoms with E-state index in [1.807, 2.05) is 0 Å². The van der Waals surface area contributed by atoms with Gasteiger partial charge in [0.2, 0.25) is 0 Å². The Labute approximate surface area is 143 Å². The molecule has 24 heavy (non-hydrogen) atoms. The van der Waals surface area contributed by atoms with Gasteiger partial charge in [0, 0.05) is 38.4 Å². The smallest absolute Gasteiger partial charge is 0.159 e. The molecule has 0 fully saturated rings. The number of likely N-dealkylation sites (N-methyl/N-ethyl adjacent to an activating group) is 1. The van der Waals surface area contributed by atoms with E-state index in [9.17, 15) is 0 Å². The molecule has 2 aliphatic rings. The van der Waals surface area contributed by atoms with Gasteiger partial charge in [0.1, 0.15) is 12.4 Å². The van der Waals surface area contributed by atoms with Crippen LogP contribution in [0.2, 0.25) is 0 Å². The SMILES string of the molecule is CCC1CN(C)c2ccccc2CN1Cc1nnc2n1CCOC2. The average Bonchev–Trinajstić information content (AvgIpc) is 2.96. The summed E-state index contributed by atoms with van der Waals surface area (Å²) in [6.07, 6.45) is 1.13. The van der Waals surface area contributed by atoms with E-state index in [0.717, 1.165) is 50.9 Å². The predicted molar refractivity (Wildman–Crippen MR) is 92.7 cm³/mol. The highest BCUT2D eigenvalue weighted by atomic mass is 16.5. The third kappa shape index (κ3) is 2.80. The topological polar surface area (TPSA) is 46.4 Å². The Kier molecular flexibility index (Phi) is 4.24. The molecule has 6 heteroatoms. The number of hydrogen-bond donors (Lipinski definition) is 0. The number of rotatable bonds is 3. The van der Waals surface area contributed by atoms with Crippen LogP contribution in [0.5, 0.6) is 0 Å². The summed E-state index contributed by atoms with van der Waals surface area (Å²) < 4.78 is 7.71. The fourth-order valence-corrected chi connectivity index (χ4v) is 3.82. The van der Waals surface area contributed by atoms with Crippen molar-refractivity contribution in [3.05, 3.63) is 41.5 Å². The Morgan fingerprint density at radius 3 is 3.00 bits per heavy atom. The van der Waals surface area contributed by atoms with Gasteiger partial charge >= 0.3 is 0 Å². The Morgan fingerprint density at radius 2 is 2.12 bits per heavy atom. The first-order valence-electron chi connectivity index (χ1n) is 8.78. The second-order valence-corrected chi connectivity index (χ2v) is 6.71. The van der Waals surface area contributed by atoms with Crippen LogP contribution in [0.3, 0.4) is 0 Å². The number of para-hydroxylation sites is 1. The molecule has 0 N–H and O–H groups in total. The van der Waals surface area contributed by atoms with Crippen LogP contribution >= 0.6 is 0 Å². The van der Waals surface area contributed by atoms with Gasteiger partial charge in [-0.1, -0.05) is 25.1 Å². The summed E-state index contributed by atoms with van der Waals surface area (Å²) in [7, 11) is 2.20. The molecule has 2 aromatic rings. The molecule has 0 bridgehead atoms. The van der Waals surface area contributed by atoms with Gasteiger partial charge in [0.25, 0.3) is 0 Å². The summed E-state index contributed by atoms with van der Waals surface area (Å²) in [5.41, 5.74) is 2.73. The molecular formula is C18H25N5O. The zero-order valence-corrected chi connectivity index (χ0v) is 14.5. The van der Waals surface area contributed by atoms with Crippen molar-refractivity contribution in [3.8, 4) is 0 Å². The van der Waals surface area contributed by atoms with E-state index < -0.39 is 0 Å². The maximum atomic E-state index is 5.48. The molecule has 0 radical (unpaired) electrons. The van der Waals surface area contributed by atoms with Crippen LogP contribution < -0.4 is 4.90 Å². The van der Waals surface area contributed by atoms with E-state index in [4.69, 9.17) is 4.74 Å². The summed E-state index contributed by atoms with van der Waals surface area (Å²) in [6, 6.07) is 9.23. The lowest BCUT2D eigenvalue weighted by molar-refractivity contribution is 0.0787. The first kappa shape index (κ1) is 15.6. The van der Waals surface area contributed by atoms with E-state index >= 15 is 0 Å². The molecule has 0 amide bonds. The molecule has 1 atom stereocenters. The van der Waals surface area contributed by atoms with Crippen molar-refractivity contribution in [2.45, 2.75) is 45.6 Å². The lowest BCUT2D eigenvalue weighted by Crippen LogP contribution is -2.40. The summed E-state index contributed by atoms with van der Waals surface area (Å²) in [5.74, 6) is 2.02. The molecule has 4 rings (SSSR count). The lowest BCUT2D eigenvalue weighted by atomic mass is 10.1. The number of hydrogen-bond acceptors (Lipinski definition) is 5. The minimum Gasteiger partial charge on any atom is -0.373 e. The van der Waals surface area contributed by atoms with Crippen molar-refractivity contribution < 1.29 is 4.74 Å². The quantitative estimate of drug-likeness (QED) is 0.863. The maximum absolute atomic E-state index is 5.48. The number of ether oxygens (including phenoxy) is 1. The van der Waals surface area contributed by atoms with Crippen molar-refractivity contribution in [3.63, 3.8) is 0 Å². The monoisotopic (exact) mass is 327 g/mol. The van der Waals surface area contributed by atoms with Gasteiger partial charge in [-0.2, -0.15) is 0 Å². The molecule has 1 aromatic heterocycles. The van der Waals surface area contributed by atoms with Crippen LogP contribution in [-0.4, -0.2) is 45.9 Å². The van der Waals surface area contributed by atoms with E-state index in [-0.39, 0.29) is 0 Å². The van der Waals surface area contributed by atoms with Crippen LogP contribution in [0.1, 0.15) is 30.6 Å². The third-order valence-electron chi connectivity index (χ3n) is 5.19. The molecule has 3 heterocycles. The molecule has 0 saturated carbocycles. The molecule has 1 aromatic carbocycles. The van der Waals surface area contributed by atoms with E-state index in [1.54, 1.807) is 0 Å². The highest BCUT2D eigenvalue weighted by Gasteiger charge is 2.27. The first-order chi connectivity index (χ1) is 11.8. The van der Waals surface area contributed by atoms with Gasteiger partial charge < -0.3 is 14.2 Å². The Morgan fingerprint density at radius 1 is 1.25 bits per heavy atom. The highest BCUT2D eigenvalue weighted by Crippen LogP contribution is 2.28. The third-order valence-corrected chi connectivity index (χ3v) is 5.19. The van der Waals surface area contributed by atoms with Gasteiger partial charge in [-0.3, -0.25) is 4.90 Å². The number of anilines is 1. The summed E-state index contributed by atoms with van der Waals surface area (Å²) >= 11 is 0. The molecule has 128 valence electrons. The second-order valence-electron chi connectivity index (χ2n) is 6.71. The van der Waals surface area contributed by atoms with E-state index in [1.165, 1.54) is 11.3 Å². The van der Waals surface area contributed by atoms with E-state index in [0.29, 0.717) is 12.6 Å². The molecule has 1 unspecified atom stereocenters. The number of aromatic nitrogens is 3. The van der Waals surface area contributed by atoms with Crippen molar-refractivity contribution in [1.29, 1.82) is 0 Å². The predicted octanol–water partition coefficient (Wildman–Crippen LogP) is 2.04. The minimum atomic E-state index is 0.509. The van der Waals surface area contributed by atoms with Crippen LogP contribution in [0, 0.1) is 0 Å². The zero-order chi connectivity index (χ0) is 16.5. The van der Waals surface area contributed by atoms with Crippen molar-refractivity contribution in [2.75, 3.05) is 25.1 Å². The molecule has 2 aliphatic heterocycles. The molecule has 0 saturated heterocycles. The summed E-state index contributed by atoms with van der Waals surface area (Å²) in [5, 5.41) is 8.75. The highest BCUT2D eigenvalue weighted by molar-refractivity contribution is 5.54. The summed E-state index contributed by atoms with van der Waals surface area (Å²) in [4.78, 5) is 4.94. The Bertz CT molecular complexity index is 713. The van der Waals surface area contributed by atoms with Crippen LogP contribution in [-0.2, 0) is 31.0 Å². The van der Waals surface area contributed by atoms with Crippen molar-refractivity contribution >= 4 is 5.69 Å². The standard InChI is InChI=1S/C18H25N5O/c1-3-15-11-21(2)16-7-5-4-6-14(16)10-22(15)12-17-19-20-18-13-24-9-8-23(17)18/h4-7,15H,3,8-13H2,1-2H3. The van der Waals surface area contributed by atoms with E-state index in [2.05, 4.69) is 62.8 Å². The number of fused-ring (bicyclic) bond motifs is 2. The van der Waals surface area contributed by atoms with Crippen molar-refractivity contribution in [2.24, 2.45) is 0 Å². The largest absolute Gasteiger partial charge is 0.373 e. The van der Waals surface area contributed by atoms with Gasteiger partial charge in [-0.15, -0.1) is 10.2 Å². The van der Waals surface area contributed by atoms with Crippen LogP contribution in [0.25, 0.3) is 0 Å². The Balaban J connectivity index is 1.62. The van der Waals surface area contributed by atoms with Gasteiger partial charge in [0.05, 0.1) is 13.2 Å². The van der Waals surface area contributed by atoms with Gasteiger partial charge in [-0.05, 0) is 18.1 Å². The Hall–Kier alpha value is -1.92. The molecular weight excluding hydrogens is 302 g/mol. The van der Waals surface area contributed by atoms with Crippen LogP contribution in [0.4, 0.5) is 5.69 Å². The van der Waals surface area contributed by atoms with Gasteiger partial charge in [0.15, 0.2) is 5.82 Å². The second kappa shape index (κ2) is 6.53. The molecule has 6 nitrogen and oxygen atoms in total. The van der Waals surface area contributed by atoms with Gasteiger partial charge in [-0.25, -0.2) is 0 Å². The molecule has 0 spiro atoms. The lowest BCUT2D eigenvalue weighted by Gasteiger charge is -2.30. The first-order valence-corrected chi connectivity index (χ1v) is 8.78. The molecule has 0 aliphatic carbocycles. The van der Waals surface area contributed by atoms with Crippen LogP contribution in [0.15, 0.2) is 24.3 Å². The van der Waals surface area contributed by atoms with Crippen molar-refractivity contribution in [1.82, 2.24) is 19.7 Å². The number of nitrogens with zero attached hydrogens (tertiary/aromatic N) is 5. The maximum Gasteiger partial charge on any atom is 0.159 e.